The first-order chi connectivity index (χ1) is 8.87. The molecule has 1 aliphatic heterocycles. The minimum atomic E-state index is -3.05. The molecule has 0 bridgehead atoms. The Hall–Kier alpha value is -0.130. The summed E-state index contributed by atoms with van der Waals surface area (Å²) in [6.07, 6.45) is 4.48. The van der Waals surface area contributed by atoms with Crippen molar-refractivity contribution < 1.29 is 8.42 Å². The van der Waals surface area contributed by atoms with E-state index >= 15 is 0 Å². The van der Waals surface area contributed by atoms with E-state index in [0.717, 1.165) is 25.9 Å². The van der Waals surface area contributed by atoms with Gasteiger partial charge in [0.1, 0.15) is 0 Å². The Kier molecular flexibility index (Phi) is 6.77. The molecule has 1 saturated heterocycles. The van der Waals surface area contributed by atoms with E-state index in [1.165, 1.54) is 12.8 Å². The zero-order valence-electron chi connectivity index (χ0n) is 12.9. The van der Waals surface area contributed by atoms with Crippen LogP contribution in [0.4, 0.5) is 0 Å². The zero-order chi connectivity index (χ0) is 14.5. The lowest BCUT2D eigenvalue weighted by Crippen LogP contribution is -2.43. The number of unbranched alkanes of at least 4 members (excludes halogenated alkanes) is 1. The van der Waals surface area contributed by atoms with Crippen molar-refractivity contribution in [1.29, 1.82) is 0 Å². The molecule has 0 atom stereocenters. The van der Waals surface area contributed by atoms with Crippen LogP contribution in [0.25, 0.3) is 0 Å². The molecular weight excluding hydrogens is 260 g/mol. The SMILES string of the molecule is CCCCN(C)CC1CCN(S(=O)(=O)C(C)C)CC1. The highest BCUT2D eigenvalue weighted by atomic mass is 32.2. The van der Waals surface area contributed by atoms with Gasteiger partial charge in [0.2, 0.25) is 10.0 Å². The van der Waals surface area contributed by atoms with Crippen LogP contribution in [0.3, 0.4) is 0 Å². The molecule has 0 unspecified atom stereocenters. The predicted octanol–water partition coefficient (Wildman–Crippen LogP) is 2.17. The average molecular weight is 290 g/mol. The fourth-order valence-corrected chi connectivity index (χ4v) is 3.92. The van der Waals surface area contributed by atoms with Crippen LogP contribution in [-0.2, 0) is 10.0 Å². The summed E-state index contributed by atoms with van der Waals surface area (Å²) >= 11 is 0. The van der Waals surface area contributed by atoms with Crippen molar-refractivity contribution >= 4 is 10.0 Å². The Labute approximate surface area is 119 Å². The van der Waals surface area contributed by atoms with Gasteiger partial charge in [-0.3, -0.25) is 0 Å². The van der Waals surface area contributed by atoms with Crippen LogP contribution in [0.1, 0.15) is 46.5 Å². The molecule has 5 heteroatoms. The van der Waals surface area contributed by atoms with Crippen LogP contribution in [0.15, 0.2) is 0 Å². The number of hydrogen-bond donors (Lipinski definition) is 0. The van der Waals surface area contributed by atoms with E-state index in [9.17, 15) is 8.42 Å². The smallest absolute Gasteiger partial charge is 0.216 e. The Bertz CT molecular complexity index is 346. The van der Waals surface area contributed by atoms with E-state index in [0.29, 0.717) is 19.0 Å². The third-order valence-electron chi connectivity index (χ3n) is 3.99. The quantitative estimate of drug-likeness (QED) is 0.721. The number of rotatable bonds is 7. The lowest BCUT2D eigenvalue weighted by molar-refractivity contribution is 0.204. The van der Waals surface area contributed by atoms with Crippen LogP contribution in [0.2, 0.25) is 0 Å². The summed E-state index contributed by atoms with van der Waals surface area (Å²) in [5, 5.41) is -0.295. The monoisotopic (exact) mass is 290 g/mol. The van der Waals surface area contributed by atoms with Gasteiger partial charge in [0.15, 0.2) is 0 Å². The van der Waals surface area contributed by atoms with E-state index in [4.69, 9.17) is 0 Å². The molecule has 4 nitrogen and oxygen atoms in total. The van der Waals surface area contributed by atoms with E-state index in [-0.39, 0.29) is 5.25 Å². The molecule has 0 N–H and O–H groups in total. The van der Waals surface area contributed by atoms with Gasteiger partial charge in [-0.15, -0.1) is 0 Å². The van der Waals surface area contributed by atoms with Gasteiger partial charge >= 0.3 is 0 Å². The lowest BCUT2D eigenvalue weighted by Gasteiger charge is -2.34. The molecule has 19 heavy (non-hydrogen) atoms. The third kappa shape index (κ3) is 5.04. The Balaban J connectivity index is 2.37. The highest BCUT2D eigenvalue weighted by Crippen LogP contribution is 2.22. The topological polar surface area (TPSA) is 40.6 Å². The van der Waals surface area contributed by atoms with Crippen molar-refractivity contribution in [3.8, 4) is 0 Å². The molecule has 0 aliphatic carbocycles. The van der Waals surface area contributed by atoms with Gasteiger partial charge in [-0.05, 0) is 52.6 Å². The summed E-state index contributed by atoms with van der Waals surface area (Å²) in [7, 11) is -0.873. The largest absolute Gasteiger partial charge is 0.306 e. The highest BCUT2D eigenvalue weighted by molar-refractivity contribution is 7.89. The summed E-state index contributed by atoms with van der Waals surface area (Å²) < 4.78 is 25.8. The average Bonchev–Trinajstić information content (AvgIpc) is 2.36. The zero-order valence-corrected chi connectivity index (χ0v) is 13.7. The van der Waals surface area contributed by atoms with Gasteiger partial charge < -0.3 is 4.90 Å². The summed E-state index contributed by atoms with van der Waals surface area (Å²) in [4.78, 5) is 2.39. The first kappa shape index (κ1) is 16.9. The number of piperidine rings is 1. The second-order valence-electron chi connectivity index (χ2n) is 6.05. The van der Waals surface area contributed by atoms with Crippen LogP contribution < -0.4 is 0 Å². The standard InChI is InChI=1S/C14H30N2O2S/c1-5-6-9-15(4)12-14-7-10-16(11-8-14)19(17,18)13(2)3/h13-14H,5-12H2,1-4H3. The van der Waals surface area contributed by atoms with Crippen molar-refractivity contribution in [1.82, 2.24) is 9.21 Å². The lowest BCUT2D eigenvalue weighted by atomic mass is 9.97. The maximum absolute atomic E-state index is 12.1. The molecule has 0 aromatic rings. The van der Waals surface area contributed by atoms with Gasteiger partial charge in [0.25, 0.3) is 0 Å². The molecule has 1 heterocycles. The molecule has 114 valence electrons. The van der Waals surface area contributed by atoms with Crippen LogP contribution in [0, 0.1) is 5.92 Å². The van der Waals surface area contributed by atoms with Crippen molar-refractivity contribution in [2.24, 2.45) is 5.92 Å². The molecule has 0 aromatic carbocycles. The van der Waals surface area contributed by atoms with Crippen LogP contribution >= 0.6 is 0 Å². The highest BCUT2D eigenvalue weighted by Gasteiger charge is 2.30. The van der Waals surface area contributed by atoms with Crippen LogP contribution in [-0.4, -0.2) is 56.1 Å². The summed E-state index contributed by atoms with van der Waals surface area (Å²) in [6, 6.07) is 0. The van der Waals surface area contributed by atoms with Crippen molar-refractivity contribution in [3.05, 3.63) is 0 Å². The summed E-state index contributed by atoms with van der Waals surface area (Å²) in [5.41, 5.74) is 0. The molecule has 0 aromatic heterocycles. The van der Waals surface area contributed by atoms with E-state index in [1.807, 2.05) is 0 Å². The molecule has 1 rings (SSSR count). The number of sulfonamides is 1. The van der Waals surface area contributed by atoms with Crippen molar-refractivity contribution in [2.45, 2.75) is 51.7 Å². The van der Waals surface area contributed by atoms with Gasteiger partial charge in [-0.2, -0.15) is 0 Å². The molecule has 0 spiro atoms. The van der Waals surface area contributed by atoms with E-state index in [2.05, 4.69) is 18.9 Å². The molecule has 0 radical (unpaired) electrons. The number of hydrogen-bond acceptors (Lipinski definition) is 3. The van der Waals surface area contributed by atoms with Gasteiger partial charge in [-0.1, -0.05) is 13.3 Å². The van der Waals surface area contributed by atoms with Gasteiger partial charge in [0.05, 0.1) is 5.25 Å². The Morgan fingerprint density at radius 2 is 1.84 bits per heavy atom. The van der Waals surface area contributed by atoms with Crippen molar-refractivity contribution in [3.63, 3.8) is 0 Å². The third-order valence-corrected chi connectivity index (χ3v) is 6.27. The minimum Gasteiger partial charge on any atom is -0.306 e. The summed E-state index contributed by atoms with van der Waals surface area (Å²) in [6.45, 7) is 9.40. The van der Waals surface area contributed by atoms with Gasteiger partial charge in [0, 0.05) is 19.6 Å². The van der Waals surface area contributed by atoms with Gasteiger partial charge in [-0.25, -0.2) is 12.7 Å². The predicted molar refractivity (Wildman–Crippen MR) is 80.8 cm³/mol. The minimum absolute atomic E-state index is 0.295. The Morgan fingerprint density at radius 3 is 2.32 bits per heavy atom. The molecular formula is C14H30N2O2S. The summed E-state index contributed by atoms with van der Waals surface area (Å²) in [5.74, 6) is 0.653. The van der Waals surface area contributed by atoms with Crippen molar-refractivity contribution in [2.75, 3.05) is 33.2 Å². The fraction of sp³-hybridized carbons (Fsp3) is 1.00. The first-order valence-corrected chi connectivity index (χ1v) is 9.05. The van der Waals surface area contributed by atoms with Crippen LogP contribution in [0.5, 0.6) is 0 Å². The maximum Gasteiger partial charge on any atom is 0.216 e. The second-order valence-corrected chi connectivity index (χ2v) is 8.54. The molecule has 0 amide bonds. The Morgan fingerprint density at radius 1 is 1.26 bits per heavy atom. The van der Waals surface area contributed by atoms with E-state index in [1.54, 1.807) is 18.2 Å². The molecule has 1 aliphatic rings. The second kappa shape index (κ2) is 7.60. The molecule has 1 fully saturated rings. The first-order valence-electron chi connectivity index (χ1n) is 7.55. The van der Waals surface area contributed by atoms with E-state index < -0.39 is 10.0 Å². The fourth-order valence-electron chi connectivity index (χ4n) is 2.60. The normalized spacial score (nSPS) is 19.5. The maximum atomic E-state index is 12.1. The molecule has 0 saturated carbocycles. The number of nitrogens with zero attached hydrogens (tertiary/aromatic N) is 2.